The molecule has 0 aliphatic heterocycles. The van der Waals surface area contributed by atoms with Gasteiger partial charge >= 0.3 is 0 Å². The predicted molar refractivity (Wildman–Crippen MR) is 54.9 cm³/mol. The van der Waals surface area contributed by atoms with E-state index in [1.807, 2.05) is 6.07 Å². The zero-order chi connectivity index (χ0) is 8.81. The molecule has 1 atom stereocenters. The smallest absolute Gasteiger partial charge is 0.0260 e. The van der Waals surface area contributed by atoms with Gasteiger partial charge in [-0.05, 0) is 11.5 Å². The van der Waals surface area contributed by atoms with Gasteiger partial charge in [0, 0.05) is 0 Å². The molecule has 0 radical (unpaired) electrons. The van der Waals surface area contributed by atoms with Crippen molar-refractivity contribution in [2.45, 2.75) is 20.3 Å². The Morgan fingerprint density at radius 2 is 1.92 bits per heavy atom. The van der Waals surface area contributed by atoms with E-state index in [4.69, 9.17) is 0 Å². The van der Waals surface area contributed by atoms with Crippen LogP contribution in [0.15, 0.2) is 36.4 Å². The molecule has 0 N–H and O–H groups in total. The lowest BCUT2D eigenvalue weighted by atomic mass is 10.1. The van der Waals surface area contributed by atoms with Gasteiger partial charge in [-0.15, -0.1) is 0 Å². The fraction of sp³-hybridized carbons (Fsp3) is 0.333. The third kappa shape index (κ3) is 2.91. The Labute approximate surface area is 74.9 Å². The van der Waals surface area contributed by atoms with E-state index in [1.165, 1.54) is 12.0 Å². The van der Waals surface area contributed by atoms with E-state index < -0.39 is 0 Å². The lowest BCUT2D eigenvalue weighted by Gasteiger charge is -1.98. The normalized spacial score (nSPS) is 13.5. The van der Waals surface area contributed by atoms with Gasteiger partial charge in [-0.2, -0.15) is 0 Å². The minimum Gasteiger partial charge on any atom is -0.0811 e. The van der Waals surface area contributed by atoms with E-state index in [1.54, 1.807) is 0 Å². The van der Waals surface area contributed by atoms with Crippen molar-refractivity contribution in [3.63, 3.8) is 0 Å². The summed E-state index contributed by atoms with van der Waals surface area (Å²) in [6, 6.07) is 10.4. The number of benzene rings is 1. The fourth-order valence-corrected chi connectivity index (χ4v) is 0.976. The van der Waals surface area contributed by atoms with Crippen molar-refractivity contribution < 1.29 is 0 Å². The Morgan fingerprint density at radius 1 is 1.25 bits per heavy atom. The first-order valence-corrected chi connectivity index (χ1v) is 4.56. The molecule has 1 rings (SSSR count). The van der Waals surface area contributed by atoms with Gasteiger partial charge in [0.1, 0.15) is 0 Å². The summed E-state index contributed by atoms with van der Waals surface area (Å²) in [5.74, 6) is 0.685. The zero-order valence-electron chi connectivity index (χ0n) is 7.83. The summed E-state index contributed by atoms with van der Waals surface area (Å²) in [7, 11) is 0. The van der Waals surface area contributed by atoms with Crippen molar-refractivity contribution in [3.05, 3.63) is 42.0 Å². The summed E-state index contributed by atoms with van der Waals surface area (Å²) < 4.78 is 0. The van der Waals surface area contributed by atoms with Gasteiger partial charge in [0.2, 0.25) is 0 Å². The Hall–Kier alpha value is -1.04. The lowest BCUT2D eigenvalue weighted by Crippen LogP contribution is -1.83. The highest BCUT2D eigenvalue weighted by atomic mass is 14.0. The van der Waals surface area contributed by atoms with E-state index >= 15 is 0 Å². The first kappa shape index (κ1) is 9.05. The molecule has 0 fully saturated rings. The molecule has 0 aliphatic rings. The first-order chi connectivity index (χ1) is 5.83. The van der Waals surface area contributed by atoms with Gasteiger partial charge in [-0.3, -0.25) is 0 Å². The predicted octanol–water partition coefficient (Wildman–Crippen LogP) is 3.75. The second kappa shape index (κ2) is 4.76. The molecular weight excluding hydrogens is 144 g/mol. The molecule has 1 unspecified atom stereocenters. The quantitative estimate of drug-likeness (QED) is 0.631. The summed E-state index contributed by atoms with van der Waals surface area (Å²) in [5, 5.41) is 0. The van der Waals surface area contributed by atoms with E-state index in [0.717, 1.165) is 0 Å². The highest BCUT2D eigenvalue weighted by Gasteiger charge is 1.90. The Bertz CT molecular complexity index is 233. The topological polar surface area (TPSA) is 0 Å². The Morgan fingerprint density at radius 3 is 2.50 bits per heavy atom. The molecule has 0 amide bonds. The SMILES string of the molecule is CCC(C)/C=C/c1ccccc1. The first-order valence-electron chi connectivity index (χ1n) is 4.56. The van der Waals surface area contributed by atoms with E-state index in [9.17, 15) is 0 Å². The molecule has 1 aromatic rings. The van der Waals surface area contributed by atoms with Crippen LogP contribution in [0, 0.1) is 5.92 Å². The van der Waals surface area contributed by atoms with Crippen LogP contribution in [0.25, 0.3) is 6.08 Å². The summed E-state index contributed by atoms with van der Waals surface area (Å²) >= 11 is 0. The Kier molecular flexibility index (Phi) is 3.59. The van der Waals surface area contributed by atoms with Crippen LogP contribution in [0.5, 0.6) is 0 Å². The Balaban J connectivity index is 2.58. The molecule has 0 saturated carbocycles. The van der Waals surface area contributed by atoms with Crippen molar-refractivity contribution in [1.29, 1.82) is 0 Å². The van der Waals surface area contributed by atoms with Crippen LogP contribution in [0.4, 0.5) is 0 Å². The van der Waals surface area contributed by atoms with Crippen LogP contribution in [-0.4, -0.2) is 0 Å². The summed E-state index contributed by atoms with van der Waals surface area (Å²) in [6.45, 7) is 4.44. The van der Waals surface area contributed by atoms with Crippen molar-refractivity contribution in [1.82, 2.24) is 0 Å². The van der Waals surface area contributed by atoms with Gasteiger partial charge in [0.25, 0.3) is 0 Å². The van der Waals surface area contributed by atoms with Crippen molar-refractivity contribution in [3.8, 4) is 0 Å². The molecule has 0 nitrogen and oxygen atoms in total. The van der Waals surface area contributed by atoms with Gasteiger partial charge in [-0.25, -0.2) is 0 Å². The number of rotatable bonds is 3. The van der Waals surface area contributed by atoms with Crippen LogP contribution >= 0.6 is 0 Å². The summed E-state index contributed by atoms with van der Waals surface area (Å²) in [4.78, 5) is 0. The zero-order valence-corrected chi connectivity index (χ0v) is 7.83. The third-order valence-corrected chi connectivity index (χ3v) is 2.06. The molecular formula is C12H16. The van der Waals surface area contributed by atoms with Crippen LogP contribution < -0.4 is 0 Å². The minimum atomic E-state index is 0.685. The number of hydrogen-bond donors (Lipinski definition) is 0. The molecule has 0 bridgehead atoms. The number of hydrogen-bond acceptors (Lipinski definition) is 0. The largest absolute Gasteiger partial charge is 0.0811 e. The van der Waals surface area contributed by atoms with Crippen LogP contribution in [0.3, 0.4) is 0 Å². The third-order valence-electron chi connectivity index (χ3n) is 2.06. The van der Waals surface area contributed by atoms with Crippen molar-refractivity contribution in [2.24, 2.45) is 5.92 Å². The summed E-state index contributed by atoms with van der Waals surface area (Å²) in [5.41, 5.74) is 1.29. The fourth-order valence-electron chi connectivity index (χ4n) is 0.976. The van der Waals surface area contributed by atoms with Crippen LogP contribution in [0.2, 0.25) is 0 Å². The average molecular weight is 160 g/mol. The standard InChI is InChI=1S/C12H16/c1-3-11(2)9-10-12-7-5-4-6-8-12/h4-11H,3H2,1-2H3/b10-9+. The monoisotopic (exact) mass is 160 g/mol. The second-order valence-corrected chi connectivity index (χ2v) is 3.16. The van der Waals surface area contributed by atoms with E-state index in [-0.39, 0.29) is 0 Å². The van der Waals surface area contributed by atoms with Gasteiger partial charge in [0.05, 0.1) is 0 Å². The molecule has 64 valence electrons. The molecule has 0 saturated heterocycles. The average Bonchev–Trinajstić information content (AvgIpc) is 2.16. The van der Waals surface area contributed by atoms with E-state index in [2.05, 4.69) is 50.3 Å². The molecule has 1 aromatic carbocycles. The maximum absolute atomic E-state index is 2.26. The minimum absolute atomic E-state index is 0.685. The molecule has 12 heavy (non-hydrogen) atoms. The molecule has 0 aromatic heterocycles. The molecule has 0 heteroatoms. The van der Waals surface area contributed by atoms with Gasteiger partial charge in [-0.1, -0.05) is 62.8 Å². The highest BCUT2D eigenvalue weighted by Crippen LogP contribution is 2.07. The molecule has 0 aliphatic carbocycles. The van der Waals surface area contributed by atoms with Crippen molar-refractivity contribution >= 4 is 6.08 Å². The maximum Gasteiger partial charge on any atom is -0.0260 e. The lowest BCUT2D eigenvalue weighted by molar-refractivity contribution is 0.701. The molecule has 0 spiro atoms. The van der Waals surface area contributed by atoms with Gasteiger partial charge < -0.3 is 0 Å². The molecule has 0 heterocycles. The summed E-state index contributed by atoms with van der Waals surface area (Å²) in [6.07, 6.45) is 5.66. The van der Waals surface area contributed by atoms with E-state index in [0.29, 0.717) is 5.92 Å². The second-order valence-electron chi connectivity index (χ2n) is 3.16. The van der Waals surface area contributed by atoms with Crippen molar-refractivity contribution in [2.75, 3.05) is 0 Å². The highest BCUT2D eigenvalue weighted by molar-refractivity contribution is 5.48. The van der Waals surface area contributed by atoms with Gasteiger partial charge in [0.15, 0.2) is 0 Å². The maximum atomic E-state index is 2.26. The van der Waals surface area contributed by atoms with Crippen LogP contribution in [0.1, 0.15) is 25.8 Å². The van der Waals surface area contributed by atoms with Crippen LogP contribution in [-0.2, 0) is 0 Å². The number of allylic oxidation sites excluding steroid dienone is 1.